The number of imidazole rings is 1. The normalized spacial score (nSPS) is 13.3. The van der Waals surface area contributed by atoms with Gasteiger partial charge >= 0.3 is 0 Å². The Balaban J connectivity index is 3.42. The molecule has 0 aliphatic heterocycles. The van der Waals surface area contributed by atoms with Gasteiger partial charge in [-0.1, -0.05) is 6.58 Å². The monoisotopic (exact) mass is 326 g/mol. The average molecular weight is 326 g/mol. The first-order chi connectivity index (χ1) is 11.2. The zero-order chi connectivity index (χ0) is 18.4. The van der Waals surface area contributed by atoms with E-state index >= 15 is 0 Å². The molecule has 7 heteroatoms. The maximum atomic E-state index is 11.1. The largest absolute Gasteiger partial charge is 0.398 e. The molecule has 1 aromatic heterocycles. The second kappa shape index (κ2) is 7.87. The lowest BCUT2D eigenvalue weighted by atomic mass is 10.0. The molecule has 0 atom stereocenters. The van der Waals surface area contributed by atoms with Gasteiger partial charge in [0.2, 0.25) is 5.91 Å². The van der Waals surface area contributed by atoms with Crippen LogP contribution >= 0.6 is 0 Å². The van der Waals surface area contributed by atoms with Gasteiger partial charge in [-0.2, -0.15) is 0 Å². The smallest absolute Gasteiger partial charge is 0.248 e. The van der Waals surface area contributed by atoms with Crippen LogP contribution in [0.4, 0.5) is 0 Å². The number of allylic oxidation sites excluding steroid dienone is 4. The Hall–Kier alpha value is -3.22. The highest BCUT2D eigenvalue weighted by Crippen LogP contribution is 2.22. The summed E-state index contributed by atoms with van der Waals surface area (Å²) in [5.74, 6) is -0.0473. The molecule has 0 bridgehead atoms. The van der Waals surface area contributed by atoms with Gasteiger partial charge in [0.05, 0.1) is 5.69 Å². The first kappa shape index (κ1) is 18.8. The Bertz CT molecular complexity index is 792. The van der Waals surface area contributed by atoms with Crippen LogP contribution in [0, 0.1) is 10.8 Å². The number of hydrogen-bond acceptors (Lipinski definition) is 5. The maximum absolute atomic E-state index is 11.1. The molecular formula is C17H22N6O. The summed E-state index contributed by atoms with van der Waals surface area (Å²) < 4.78 is 1.81. The Morgan fingerprint density at radius 1 is 1.33 bits per heavy atom. The van der Waals surface area contributed by atoms with Crippen LogP contribution in [0.2, 0.25) is 0 Å². The molecule has 1 aromatic rings. The van der Waals surface area contributed by atoms with Crippen LogP contribution in [0.5, 0.6) is 0 Å². The Kier molecular flexibility index (Phi) is 6.17. The molecule has 0 saturated heterocycles. The molecule has 0 spiro atoms. The van der Waals surface area contributed by atoms with E-state index in [0.717, 1.165) is 17.5 Å². The van der Waals surface area contributed by atoms with E-state index < -0.39 is 5.91 Å². The standard InChI is InChI=1S/C17H22N6O/c1-10(5-6-18)15-9-23(4)17(22-15)12(3)13(8-19)14(20)7-11(2)16(21)24/h5-9,18-19H,2,20H2,1,3-4H3,(H2,21,24)/b10-5+,13-12+,14-7+,18-6?,19-8?. The van der Waals surface area contributed by atoms with Crippen molar-refractivity contribution in [2.45, 2.75) is 13.8 Å². The molecule has 1 amide bonds. The second-order valence-corrected chi connectivity index (χ2v) is 5.25. The minimum atomic E-state index is -0.674. The van der Waals surface area contributed by atoms with Gasteiger partial charge in [-0.05, 0) is 31.6 Å². The van der Waals surface area contributed by atoms with Crippen molar-refractivity contribution in [1.82, 2.24) is 9.55 Å². The molecule has 0 unspecified atom stereocenters. The van der Waals surface area contributed by atoms with Gasteiger partial charge in [-0.25, -0.2) is 4.98 Å². The topological polar surface area (TPSA) is 135 Å². The van der Waals surface area contributed by atoms with Gasteiger partial charge in [-0.15, -0.1) is 0 Å². The number of carbonyl (C=O) groups excluding carboxylic acids is 1. The highest BCUT2D eigenvalue weighted by molar-refractivity contribution is 5.97. The summed E-state index contributed by atoms with van der Waals surface area (Å²) in [7, 11) is 1.83. The summed E-state index contributed by atoms with van der Waals surface area (Å²) in [6.45, 7) is 7.18. The van der Waals surface area contributed by atoms with E-state index in [2.05, 4.69) is 11.6 Å². The lowest BCUT2D eigenvalue weighted by Crippen LogP contribution is -2.14. The summed E-state index contributed by atoms with van der Waals surface area (Å²) >= 11 is 0. The molecule has 0 aromatic carbocycles. The van der Waals surface area contributed by atoms with E-state index in [1.165, 1.54) is 12.3 Å². The Morgan fingerprint density at radius 2 is 1.96 bits per heavy atom. The van der Waals surface area contributed by atoms with Gasteiger partial charge in [0, 0.05) is 48.1 Å². The van der Waals surface area contributed by atoms with Crippen molar-refractivity contribution >= 4 is 29.5 Å². The van der Waals surface area contributed by atoms with Crippen LogP contribution in [-0.4, -0.2) is 27.9 Å². The van der Waals surface area contributed by atoms with Crippen molar-refractivity contribution in [2.24, 2.45) is 18.5 Å². The van der Waals surface area contributed by atoms with Gasteiger partial charge in [-0.3, -0.25) is 4.79 Å². The van der Waals surface area contributed by atoms with Crippen LogP contribution in [0.25, 0.3) is 11.1 Å². The fraction of sp³-hybridized carbons (Fsp3) is 0.176. The third kappa shape index (κ3) is 4.16. The number of aryl methyl sites for hydroxylation is 1. The fourth-order valence-corrected chi connectivity index (χ4v) is 2.08. The van der Waals surface area contributed by atoms with Crippen LogP contribution in [0.3, 0.4) is 0 Å². The summed E-state index contributed by atoms with van der Waals surface area (Å²) in [6, 6.07) is 0. The number of aromatic nitrogens is 2. The number of nitrogens with one attached hydrogen (secondary N) is 2. The fourth-order valence-electron chi connectivity index (χ4n) is 2.08. The summed E-state index contributed by atoms with van der Waals surface area (Å²) in [4.78, 5) is 15.6. The first-order valence-electron chi connectivity index (χ1n) is 7.12. The van der Waals surface area contributed by atoms with Gasteiger partial charge in [0.1, 0.15) is 5.82 Å². The molecule has 0 radical (unpaired) electrons. The highest BCUT2D eigenvalue weighted by Gasteiger charge is 2.13. The van der Waals surface area contributed by atoms with Crippen LogP contribution < -0.4 is 11.5 Å². The predicted molar refractivity (Wildman–Crippen MR) is 97.6 cm³/mol. The third-order valence-corrected chi connectivity index (χ3v) is 3.45. The number of primary amides is 1. The zero-order valence-electron chi connectivity index (χ0n) is 14.1. The second-order valence-electron chi connectivity index (χ2n) is 5.25. The number of carbonyl (C=O) groups is 1. The van der Waals surface area contributed by atoms with E-state index in [-0.39, 0.29) is 11.3 Å². The number of rotatable bonds is 7. The van der Waals surface area contributed by atoms with Crippen molar-refractivity contribution in [1.29, 1.82) is 10.8 Å². The van der Waals surface area contributed by atoms with Crippen LogP contribution in [-0.2, 0) is 11.8 Å². The quantitative estimate of drug-likeness (QED) is 0.345. The van der Waals surface area contributed by atoms with E-state index in [1.54, 1.807) is 13.0 Å². The molecule has 0 saturated carbocycles. The van der Waals surface area contributed by atoms with Crippen molar-refractivity contribution in [3.05, 3.63) is 53.3 Å². The van der Waals surface area contributed by atoms with E-state index in [4.69, 9.17) is 22.3 Å². The Morgan fingerprint density at radius 3 is 2.46 bits per heavy atom. The van der Waals surface area contributed by atoms with Crippen molar-refractivity contribution in [3.63, 3.8) is 0 Å². The number of nitrogens with two attached hydrogens (primary N) is 2. The summed E-state index contributed by atoms with van der Waals surface area (Å²) in [5, 5.41) is 14.8. The average Bonchev–Trinajstić information content (AvgIpc) is 2.90. The molecule has 6 N–H and O–H groups in total. The summed E-state index contributed by atoms with van der Waals surface area (Å²) in [5.41, 5.74) is 14.1. The molecule has 1 heterocycles. The molecule has 0 fully saturated rings. The molecule has 24 heavy (non-hydrogen) atoms. The molecule has 0 aliphatic carbocycles. The minimum Gasteiger partial charge on any atom is -0.398 e. The highest BCUT2D eigenvalue weighted by atomic mass is 16.1. The van der Waals surface area contributed by atoms with Crippen molar-refractivity contribution in [2.75, 3.05) is 0 Å². The van der Waals surface area contributed by atoms with E-state index in [9.17, 15) is 4.79 Å². The third-order valence-electron chi connectivity index (χ3n) is 3.45. The molecule has 1 rings (SSSR count). The van der Waals surface area contributed by atoms with Gasteiger partial charge < -0.3 is 26.9 Å². The Labute approximate surface area is 141 Å². The first-order valence-corrected chi connectivity index (χ1v) is 7.12. The molecule has 126 valence electrons. The molecule has 0 aliphatic rings. The molecular weight excluding hydrogens is 304 g/mol. The van der Waals surface area contributed by atoms with E-state index in [0.29, 0.717) is 17.0 Å². The summed E-state index contributed by atoms with van der Waals surface area (Å²) in [6.07, 6.45) is 7.12. The number of nitrogens with zero attached hydrogens (tertiary/aromatic N) is 2. The van der Waals surface area contributed by atoms with Crippen molar-refractivity contribution < 1.29 is 4.79 Å². The molecule has 7 nitrogen and oxygen atoms in total. The van der Waals surface area contributed by atoms with Gasteiger partial charge in [0.25, 0.3) is 0 Å². The predicted octanol–water partition coefficient (Wildman–Crippen LogP) is 1.78. The SMILES string of the molecule is C=C(/C=C(N)\C(C=N)=C(/C)c1nc(/C(C)=C/C=N)cn1C)C(N)=O. The zero-order valence-corrected chi connectivity index (χ0v) is 14.1. The number of hydrogen-bond donors (Lipinski definition) is 4. The van der Waals surface area contributed by atoms with Gasteiger partial charge in [0.15, 0.2) is 0 Å². The maximum Gasteiger partial charge on any atom is 0.248 e. The lowest BCUT2D eigenvalue weighted by Gasteiger charge is -2.09. The van der Waals surface area contributed by atoms with Crippen LogP contribution in [0.1, 0.15) is 25.4 Å². The lowest BCUT2D eigenvalue weighted by molar-refractivity contribution is -0.114. The minimum absolute atomic E-state index is 0.0601. The van der Waals surface area contributed by atoms with E-state index in [1.807, 2.05) is 24.7 Å². The van der Waals surface area contributed by atoms with Crippen molar-refractivity contribution in [3.8, 4) is 0 Å². The van der Waals surface area contributed by atoms with Crippen LogP contribution in [0.15, 0.2) is 41.8 Å². The number of amides is 1.